The van der Waals surface area contributed by atoms with Crippen molar-refractivity contribution >= 4 is 55.8 Å². The van der Waals surface area contributed by atoms with E-state index in [0.29, 0.717) is 0 Å². The van der Waals surface area contributed by atoms with Crippen LogP contribution < -0.4 is 0 Å². The molecule has 0 aliphatic carbocycles. The van der Waals surface area contributed by atoms with Gasteiger partial charge in [-0.2, -0.15) is 0 Å². The summed E-state index contributed by atoms with van der Waals surface area (Å²) in [6.07, 6.45) is 7.34. The van der Waals surface area contributed by atoms with E-state index in [0.717, 1.165) is 50.9 Å². The molecular weight excluding hydrogens is 460 g/mol. The van der Waals surface area contributed by atoms with E-state index in [1.165, 1.54) is 52.7 Å². The number of hydrogen-bond donors (Lipinski definition) is 0. The Morgan fingerprint density at radius 3 is 1.91 bits per heavy atom. The molecule has 172 valence electrons. The maximum absolute atomic E-state index is 6.20. The van der Waals surface area contributed by atoms with Crippen molar-refractivity contribution in [1.29, 1.82) is 0 Å². The summed E-state index contributed by atoms with van der Waals surface area (Å²) in [6, 6.07) is 16.7. The van der Waals surface area contributed by atoms with E-state index in [2.05, 4.69) is 43.3 Å². The summed E-state index contributed by atoms with van der Waals surface area (Å²) >= 11 is 3.34. The second kappa shape index (κ2) is 9.16. The lowest BCUT2D eigenvalue weighted by molar-refractivity contribution is 0.488. The minimum absolute atomic E-state index is 0.815. The molecule has 2 aromatic carbocycles. The molecule has 0 bridgehead atoms. The van der Waals surface area contributed by atoms with Crippen molar-refractivity contribution in [2.24, 2.45) is 9.98 Å². The zero-order valence-corrected chi connectivity index (χ0v) is 21.0. The number of benzene rings is 2. The van der Waals surface area contributed by atoms with Gasteiger partial charge >= 0.3 is 0 Å². The second-order valence-corrected chi connectivity index (χ2v) is 10.9. The average molecular weight is 487 g/mol. The predicted molar refractivity (Wildman–Crippen MR) is 143 cm³/mol. The molecule has 0 unspecified atom stereocenters. The molecule has 4 nitrogen and oxygen atoms in total. The molecule has 0 atom stereocenters. The van der Waals surface area contributed by atoms with Crippen LogP contribution >= 0.6 is 23.5 Å². The third kappa shape index (κ3) is 4.03. The Balaban J connectivity index is 1.29. The molecule has 2 aliphatic heterocycles. The third-order valence-corrected chi connectivity index (χ3v) is 8.34. The quantitative estimate of drug-likeness (QED) is 0.233. The number of rotatable bonds is 8. The van der Waals surface area contributed by atoms with Gasteiger partial charge in [0.2, 0.25) is 0 Å². The molecule has 0 amide bonds. The highest BCUT2D eigenvalue weighted by atomic mass is 32.2. The standard InChI is InChI=1S/C28H26N2O2S2/c1-3-4-5-6-7-8-18-10-14-22(32-18)28-30-20-12-15-23-25-19(11-16-24(34-28)26(20)25)29-27(33-23)21-13-9-17(2)31-21/h9-16H,3-8H2,1-2H3. The van der Waals surface area contributed by atoms with E-state index in [4.69, 9.17) is 18.8 Å². The molecule has 6 rings (SSSR count). The van der Waals surface area contributed by atoms with Gasteiger partial charge < -0.3 is 8.83 Å². The summed E-state index contributed by atoms with van der Waals surface area (Å²) in [5.74, 6) is 3.62. The Morgan fingerprint density at radius 1 is 0.676 bits per heavy atom. The van der Waals surface area contributed by atoms with Crippen molar-refractivity contribution in [2.75, 3.05) is 0 Å². The minimum Gasteiger partial charge on any atom is -0.459 e. The van der Waals surface area contributed by atoms with Gasteiger partial charge in [-0.3, -0.25) is 0 Å². The fourth-order valence-electron chi connectivity index (χ4n) is 4.52. The van der Waals surface area contributed by atoms with Crippen LogP contribution in [0.25, 0.3) is 10.8 Å². The molecule has 0 saturated carbocycles. The minimum atomic E-state index is 0.815. The molecule has 4 aromatic rings. The average Bonchev–Trinajstić information content (AvgIpc) is 3.51. The first kappa shape index (κ1) is 21.8. The second-order valence-electron chi connectivity index (χ2n) is 8.79. The molecular formula is C28H26N2O2S2. The van der Waals surface area contributed by atoms with E-state index in [1.54, 1.807) is 23.5 Å². The summed E-state index contributed by atoms with van der Waals surface area (Å²) in [5.41, 5.74) is 1.95. The summed E-state index contributed by atoms with van der Waals surface area (Å²) < 4.78 is 12.0. The predicted octanol–water partition coefficient (Wildman–Crippen LogP) is 9.22. The van der Waals surface area contributed by atoms with Crippen LogP contribution in [0.3, 0.4) is 0 Å². The zero-order chi connectivity index (χ0) is 23.1. The topological polar surface area (TPSA) is 51.0 Å². The largest absolute Gasteiger partial charge is 0.459 e. The first-order valence-electron chi connectivity index (χ1n) is 12.0. The van der Waals surface area contributed by atoms with E-state index in [1.807, 2.05) is 19.1 Å². The number of aliphatic imine (C=N–C) groups is 2. The molecule has 2 aliphatic rings. The molecule has 0 fully saturated rings. The van der Waals surface area contributed by atoms with Crippen LogP contribution in [0, 0.1) is 6.92 Å². The van der Waals surface area contributed by atoms with Gasteiger partial charge in [0.05, 0.1) is 11.4 Å². The lowest BCUT2D eigenvalue weighted by Gasteiger charge is -2.21. The van der Waals surface area contributed by atoms with Gasteiger partial charge in [0.1, 0.15) is 21.6 Å². The molecule has 0 saturated heterocycles. The number of unbranched alkanes of at least 4 members (excludes halogenated alkanes) is 4. The van der Waals surface area contributed by atoms with Crippen molar-refractivity contribution in [1.82, 2.24) is 0 Å². The Hall–Kier alpha value is -2.70. The maximum Gasteiger partial charge on any atom is 0.159 e. The van der Waals surface area contributed by atoms with Crippen molar-refractivity contribution in [3.63, 3.8) is 0 Å². The van der Waals surface area contributed by atoms with Gasteiger partial charge in [-0.25, -0.2) is 9.98 Å². The highest BCUT2D eigenvalue weighted by Gasteiger charge is 2.26. The third-order valence-electron chi connectivity index (χ3n) is 6.25. The van der Waals surface area contributed by atoms with Gasteiger partial charge in [0, 0.05) is 27.0 Å². The van der Waals surface area contributed by atoms with Crippen LogP contribution in [-0.4, -0.2) is 10.1 Å². The van der Waals surface area contributed by atoms with Crippen molar-refractivity contribution in [3.8, 4) is 0 Å². The summed E-state index contributed by atoms with van der Waals surface area (Å²) in [5, 5.41) is 4.17. The van der Waals surface area contributed by atoms with E-state index >= 15 is 0 Å². The van der Waals surface area contributed by atoms with Crippen molar-refractivity contribution < 1.29 is 8.83 Å². The summed E-state index contributed by atoms with van der Waals surface area (Å²) in [4.78, 5) is 12.3. The highest BCUT2D eigenvalue weighted by molar-refractivity contribution is 8.15. The molecule has 4 heterocycles. The van der Waals surface area contributed by atoms with Gasteiger partial charge in [-0.15, -0.1) is 0 Å². The molecule has 0 radical (unpaired) electrons. The smallest absolute Gasteiger partial charge is 0.159 e. The fraction of sp³-hybridized carbons (Fsp3) is 0.286. The van der Waals surface area contributed by atoms with Crippen LogP contribution in [0.4, 0.5) is 11.4 Å². The first-order chi connectivity index (χ1) is 16.7. The molecule has 0 spiro atoms. The van der Waals surface area contributed by atoms with Gasteiger partial charge in [0.15, 0.2) is 11.5 Å². The first-order valence-corrected chi connectivity index (χ1v) is 13.6. The van der Waals surface area contributed by atoms with E-state index in [9.17, 15) is 0 Å². The van der Waals surface area contributed by atoms with E-state index in [-0.39, 0.29) is 0 Å². The number of thioether (sulfide) groups is 2. The van der Waals surface area contributed by atoms with Gasteiger partial charge in [0.25, 0.3) is 0 Å². The van der Waals surface area contributed by atoms with Crippen LogP contribution in [0.2, 0.25) is 0 Å². The lowest BCUT2D eigenvalue weighted by atomic mass is 10.1. The molecule has 6 heteroatoms. The van der Waals surface area contributed by atoms with Crippen LogP contribution in [0.15, 0.2) is 77.1 Å². The SMILES string of the molecule is CCCCCCCc1ccc(C2=Nc3ccc4c5c(ccc(c35)S2)N=C(c2ccc(C)o2)S4)o1. The summed E-state index contributed by atoms with van der Waals surface area (Å²) in [7, 11) is 0. The number of aryl methyl sites for hydroxylation is 2. The highest BCUT2D eigenvalue weighted by Crippen LogP contribution is 2.50. The van der Waals surface area contributed by atoms with Gasteiger partial charge in [-0.1, -0.05) is 56.1 Å². The normalized spacial score (nSPS) is 14.4. The number of hydrogen-bond acceptors (Lipinski definition) is 6. The molecule has 34 heavy (non-hydrogen) atoms. The van der Waals surface area contributed by atoms with Gasteiger partial charge in [-0.05, 0) is 61.9 Å². The number of nitrogens with zero attached hydrogens (tertiary/aromatic N) is 2. The van der Waals surface area contributed by atoms with E-state index < -0.39 is 0 Å². The Bertz CT molecular complexity index is 1440. The Kier molecular flexibility index (Phi) is 5.87. The maximum atomic E-state index is 6.20. The fourth-order valence-corrected chi connectivity index (χ4v) is 6.53. The van der Waals surface area contributed by atoms with Crippen LogP contribution in [-0.2, 0) is 6.42 Å². The lowest BCUT2D eigenvalue weighted by Crippen LogP contribution is -2.02. The zero-order valence-electron chi connectivity index (χ0n) is 19.4. The van der Waals surface area contributed by atoms with Crippen molar-refractivity contribution in [2.45, 2.75) is 62.2 Å². The van der Waals surface area contributed by atoms with Crippen LogP contribution in [0.1, 0.15) is 62.1 Å². The monoisotopic (exact) mass is 486 g/mol. The Morgan fingerprint density at radius 2 is 1.29 bits per heavy atom. The molecule has 2 aromatic heterocycles. The molecule has 0 N–H and O–H groups in total. The Labute approximate surface area is 207 Å². The van der Waals surface area contributed by atoms with Crippen molar-refractivity contribution in [3.05, 3.63) is 71.6 Å². The number of furan rings is 2. The summed E-state index contributed by atoms with van der Waals surface area (Å²) in [6.45, 7) is 4.21. The van der Waals surface area contributed by atoms with Crippen LogP contribution in [0.5, 0.6) is 0 Å².